The zero-order chi connectivity index (χ0) is 10.7. The number of hydrogen-bond donors (Lipinski definition) is 0. The van der Waals surface area contributed by atoms with Crippen LogP contribution in [0.15, 0.2) is 18.3 Å². The van der Waals surface area contributed by atoms with Crippen LogP contribution in [0.3, 0.4) is 0 Å². The molecular formula is C11H16FN3. The summed E-state index contributed by atoms with van der Waals surface area (Å²) < 4.78 is 12.3. The molecule has 0 N–H and O–H groups in total. The highest BCUT2D eigenvalue weighted by molar-refractivity contribution is 5.39. The number of anilines is 1. The molecule has 2 rings (SSSR count). The van der Waals surface area contributed by atoms with Gasteiger partial charge in [0, 0.05) is 37.9 Å². The summed E-state index contributed by atoms with van der Waals surface area (Å²) in [5.41, 5.74) is 0.646. The van der Waals surface area contributed by atoms with Crippen LogP contribution in [-0.2, 0) is 6.67 Å². The summed E-state index contributed by atoms with van der Waals surface area (Å²) in [7, 11) is 2.12. The van der Waals surface area contributed by atoms with Gasteiger partial charge in [-0.3, -0.25) is 0 Å². The van der Waals surface area contributed by atoms with E-state index in [1.807, 2.05) is 6.07 Å². The molecule has 82 valence electrons. The van der Waals surface area contributed by atoms with Gasteiger partial charge in [-0.05, 0) is 13.1 Å². The van der Waals surface area contributed by atoms with Crippen molar-refractivity contribution in [1.82, 2.24) is 9.88 Å². The second-order valence-electron chi connectivity index (χ2n) is 3.95. The monoisotopic (exact) mass is 209 g/mol. The Balaban J connectivity index is 2.03. The van der Waals surface area contributed by atoms with E-state index in [1.165, 1.54) is 0 Å². The van der Waals surface area contributed by atoms with Crippen LogP contribution in [0.1, 0.15) is 5.56 Å². The lowest BCUT2D eigenvalue weighted by Crippen LogP contribution is -2.44. The Bertz CT molecular complexity index is 304. The van der Waals surface area contributed by atoms with Gasteiger partial charge in [0.05, 0.1) is 0 Å². The third-order valence-corrected chi connectivity index (χ3v) is 2.79. The molecule has 0 spiro atoms. The van der Waals surface area contributed by atoms with Crippen molar-refractivity contribution in [2.75, 3.05) is 38.1 Å². The summed E-state index contributed by atoms with van der Waals surface area (Å²) in [6.45, 7) is 3.69. The number of hydrogen-bond acceptors (Lipinski definition) is 3. The molecule has 0 saturated carbocycles. The molecular weight excluding hydrogens is 193 g/mol. The van der Waals surface area contributed by atoms with Crippen LogP contribution in [0.25, 0.3) is 0 Å². The predicted molar refractivity (Wildman–Crippen MR) is 58.8 cm³/mol. The highest BCUT2D eigenvalue weighted by Crippen LogP contribution is 2.13. The molecule has 1 aromatic heterocycles. The number of piperazine rings is 1. The zero-order valence-corrected chi connectivity index (χ0v) is 8.99. The summed E-state index contributed by atoms with van der Waals surface area (Å²) >= 11 is 0. The summed E-state index contributed by atoms with van der Waals surface area (Å²) in [5.74, 6) is 0.959. The van der Waals surface area contributed by atoms with E-state index in [0.29, 0.717) is 5.56 Å². The average Bonchev–Trinajstić information content (AvgIpc) is 2.30. The van der Waals surface area contributed by atoms with E-state index in [0.717, 1.165) is 32.0 Å². The Morgan fingerprint density at radius 2 is 2.00 bits per heavy atom. The molecule has 0 unspecified atom stereocenters. The van der Waals surface area contributed by atoms with Crippen molar-refractivity contribution in [2.45, 2.75) is 6.67 Å². The van der Waals surface area contributed by atoms with Gasteiger partial charge in [0.25, 0.3) is 0 Å². The molecule has 0 bridgehead atoms. The molecule has 0 atom stereocenters. The third-order valence-electron chi connectivity index (χ3n) is 2.79. The van der Waals surface area contributed by atoms with Crippen molar-refractivity contribution in [2.24, 2.45) is 0 Å². The first-order valence-electron chi connectivity index (χ1n) is 5.24. The van der Waals surface area contributed by atoms with Gasteiger partial charge in [-0.25, -0.2) is 9.37 Å². The first-order valence-corrected chi connectivity index (χ1v) is 5.24. The van der Waals surface area contributed by atoms with Crippen LogP contribution in [0.2, 0.25) is 0 Å². The molecule has 1 fully saturated rings. The van der Waals surface area contributed by atoms with Gasteiger partial charge in [0.1, 0.15) is 12.5 Å². The first-order chi connectivity index (χ1) is 7.29. The fourth-order valence-corrected chi connectivity index (χ4v) is 1.72. The minimum absolute atomic E-state index is 0.435. The smallest absolute Gasteiger partial charge is 0.128 e. The topological polar surface area (TPSA) is 19.4 Å². The second-order valence-corrected chi connectivity index (χ2v) is 3.95. The second kappa shape index (κ2) is 4.57. The molecule has 0 aliphatic carbocycles. The lowest BCUT2D eigenvalue weighted by Gasteiger charge is -2.33. The number of rotatable bonds is 2. The van der Waals surface area contributed by atoms with Crippen LogP contribution >= 0.6 is 0 Å². The fraction of sp³-hybridized carbons (Fsp3) is 0.545. The molecule has 1 aromatic rings. The van der Waals surface area contributed by atoms with Crippen LogP contribution in [-0.4, -0.2) is 43.1 Å². The molecule has 1 saturated heterocycles. The maximum atomic E-state index is 12.3. The number of aromatic nitrogens is 1. The number of likely N-dealkylation sites (N-methyl/N-ethyl adjacent to an activating group) is 1. The molecule has 1 aliphatic heterocycles. The summed E-state index contributed by atoms with van der Waals surface area (Å²) in [4.78, 5) is 8.80. The van der Waals surface area contributed by atoms with Crippen LogP contribution in [0, 0.1) is 0 Å². The van der Waals surface area contributed by atoms with Crippen molar-refractivity contribution in [3.63, 3.8) is 0 Å². The molecule has 2 heterocycles. The lowest BCUT2D eigenvalue weighted by atomic mass is 10.3. The van der Waals surface area contributed by atoms with Crippen LogP contribution in [0.4, 0.5) is 10.2 Å². The van der Waals surface area contributed by atoms with Crippen molar-refractivity contribution >= 4 is 5.82 Å². The Hall–Kier alpha value is -1.16. The largest absolute Gasteiger partial charge is 0.354 e. The van der Waals surface area contributed by atoms with Gasteiger partial charge in [0.15, 0.2) is 0 Å². The molecule has 1 aliphatic rings. The van der Waals surface area contributed by atoms with E-state index in [1.54, 1.807) is 12.3 Å². The van der Waals surface area contributed by atoms with Gasteiger partial charge >= 0.3 is 0 Å². The quantitative estimate of drug-likeness (QED) is 0.732. The Morgan fingerprint density at radius 3 is 2.53 bits per heavy atom. The van der Waals surface area contributed by atoms with Crippen molar-refractivity contribution in [3.8, 4) is 0 Å². The number of halogens is 1. The molecule has 0 aromatic carbocycles. The van der Waals surface area contributed by atoms with Gasteiger partial charge in [-0.15, -0.1) is 0 Å². The van der Waals surface area contributed by atoms with Crippen molar-refractivity contribution in [1.29, 1.82) is 0 Å². The maximum Gasteiger partial charge on any atom is 0.128 e. The predicted octanol–water partition coefficient (Wildman–Crippen LogP) is 1.30. The van der Waals surface area contributed by atoms with Crippen LogP contribution < -0.4 is 4.90 Å². The summed E-state index contributed by atoms with van der Waals surface area (Å²) in [6.07, 6.45) is 1.62. The maximum absolute atomic E-state index is 12.3. The van der Waals surface area contributed by atoms with E-state index >= 15 is 0 Å². The Morgan fingerprint density at radius 1 is 1.27 bits per heavy atom. The number of alkyl halides is 1. The molecule has 4 heteroatoms. The zero-order valence-electron chi connectivity index (χ0n) is 8.99. The number of nitrogens with zero attached hydrogens (tertiary/aromatic N) is 3. The molecule has 3 nitrogen and oxygen atoms in total. The van der Waals surface area contributed by atoms with E-state index < -0.39 is 6.67 Å². The van der Waals surface area contributed by atoms with E-state index in [-0.39, 0.29) is 0 Å². The van der Waals surface area contributed by atoms with E-state index in [4.69, 9.17) is 0 Å². The summed E-state index contributed by atoms with van der Waals surface area (Å²) in [5, 5.41) is 0. The highest BCUT2D eigenvalue weighted by Gasteiger charge is 2.14. The normalized spacial score (nSPS) is 18.1. The van der Waals surface area contributed by atoms with Gasteiger partial charge in [-0.2, -0.15) is 0 Å². The first kappa shape index (κ1) is 10.4. The average molecular weight is 209 g/mol. The standard InChI is InChI=1S/C11H16FN3/c1-14-4-6-15(7-5-14)11-3-2-10(8-12)9-13-11/h2-3,9H,4-8H2,1H3. The minimum Gasteiger partial charge on any atom is -0.354 e. The Labute approximate surface area is 89.5 Å². The van der Waals surface area contributed by atoms with Crippen molar-refractivity contribution in [3.05, 3.63) is 23.9 Å². The molecule has 15 heavy (non-hydrogen) atoms. The highest BCUT2D eigenvalue weighted by atomic mass is 19.1. The SMILES string of the molecule is CN1CCN(c2ccc(CF)cn2)CC1. The molecule has 0 radical (unpaired) electrons. The van der Waals surface area contributed by atoms with Gasteiger partial charge < -0.3 is 9.80 Å². The van der Waals surface area contributed by atoms with Gasteiger partial charge in [-0.1, -0.05) is 6.07 Å². The lowest BCUT2D eigenvalue weighted by molar-refractivity contribution is 0.312. The Kier molecular flexibility index (Phi) is 3.16. The minimum atomic E-state index is -0.435. The summed E-state index contributed by atoms with van der Waals surface area (Å²) in [6, 6.07) is 3.71. The van der Waals surface area contributed by atoms with E-state index in [9.17, 15) is 4.39 Å². The third kappa shape index (κ3) is 2.45. The number of pyridine rings is 1. The van der Waals surface area contributed by atoms with Crippen molar-refractivity contribution < 1.29 is 4.39 Å². The van der Waals surface area contributed by atoms with E-state index in [2.05, 4.69) is 21.8 Å². The fourth-order valence-electron chi connectivity index (χ4n) is 1.72. The molecule has 0 amide bonds. The van der Waals surface area contributed by atoms with Crippen LogP contribution in [0.5, 0.6) is 0 Å². The van der Waals surface area contributed by atoms with Gasteiger partial charge in [0.2, 0.25) is 0 Å².